The molecule has 0 radical (unpaired) electrons. The number of hydrogen-bond donors (Lipinski definition) is 1. The molecule has 1 saturated heterocycles. The monoisotopic (exact) mass is 424 g/mol. The van der Waals surface area contributed by atoms with E-state index in [1.165, 1.54) is 29.6 Å². The predicted molar refractivity (Wildman–Crippen MR) is 107 cm³/mol. The number of rotatable bonds is 5. The van der Waals surface area contributed by atoms with Gasteiger partial charge in [0.25, 0.3) is 5.91 Å². The Bertz CT molecular complexity index is 988. The van der Waals surface area contributed by atoms with Crippen LogP contribution in [0.4, 0.5) is 5.69 Å². The highest BCUT2D eigenvalue weighted by atomic mass is 35.5. The lowest BCUT2D eigenvalue weighted by Crippen LogP contribution is -2.40. The number of aryl methyl sites for hydroxylation is 1. The Labute approximate surface area is 169 Å². The van der Waals surface area contributed by atoms with Crippen molar-refractivity contribution in [2.24, 2.45) is 0 Å². The minimum absolute atomic E-state index is 0.0441. The van der Waals surface area contributed by atoms with Gasteiger partial charge in [-0.3, -0.25) is 4.79 Å². The fourth-order valence-corrected chi connectivity index (χ4v) is 4.72. The molecule has 0 bridgehead atoms. The van der Waals surface area contributed by atoms with Crippen LogP contribution in [0.15, 0.2) is 41.3 Å². The van der Waals surface area contributed by atoms with Gasteiger partial charge in [0.15, 0.2) is 0 Å². The lowest BCUT2D eigenvalue weighted by molar-refractivity contribution is 0.0729. The molecule has 7 nitrogen and oxygen atoms in total. The summed E-state index contributed by atoms with van der Waals surface area (Å²) in [5, 5.41) is 3.35. The van der Waals surface area contributed by atoms with Gasteiger partial charge in [0.2, 0.25) is 10.0 Å². The number of benzene rings is 2. The van der Waals surface area contributed by atoms with E-state index in [0.717, 1.165) is 5.56 Å². The Balaban J connectivity index is 1.92. The van der Waals surface area contributed by atoms with Gasteiger partial charge < -0.3 is 14.8 Å². The Kier molecular flexibility index (Phi) is 6.24. The van der Waals surface area contributed by atoms with Crippen molar-refractivity contribution in [2.75, 3.05) is 38.7 Å². The quantitative estimate of drug-likeness (QED) is 0.797. The molecular weight excluding hydrogens is 404 g/mol. The molecule has 1 fully saturated rings. The summed E-state index contributed by atoms with van der Waals surface area (Å²) in [4.78, 5) is 12.6. The molecule has 2 aromatic rings. The summed E-state index contributed by atoms with van der Waals surface area (Å²) >= 11 is 5.94. The zero-order valence-electron chi connectivity index (χ0n) is 15.6. The van der Waals surface area contributed by atoms with Crippen LogP contribution in [0.2, 0.25) is 5.02 Å². The molecule has 0 atom stereocenters. The third-order valence-electron chi connectivity index (χ3n) is 4.45. The number of anilines is 1. The summed E-state index contributed by atoms with van der Waals surface area (Å²) in [7, 11) is -2.42. The van der Waals surface area contributed by atoms with Crippen LogP contribution in [-0.4, -0.2) is 52.0 Å². The number of amides is 1. The van der Waals surface area contributed by atoms with E-state index in [-0.39, 0.29) is 29.3 Å². The minimum atomic E-state index is -3.82. The van der Waals surface area contributed by atoms with Gasteiger partial charge in [-0.15, -0.1) is 0 Å². The van der Waals surface area contributed by atoms with Crippen molar-refractivity contribution in [3.05, 3.63) is 52.5 Å². The molecular formula is C19H21ClN2O5S. The van der Waals surface area contributed by atoms with Crippen LogP contribution in [0.1, 0.15) is 15.9 Å². The van der Waals surface area contributed by atoms with Crippen molar-refractivity contribution >= 4 is 33.2 Å². The summed E-state index contributed by atoms with van der Waals surface area (Å²) < 4.78 is 37.9. The second-order valence-electron chi connectivity index (χ2n) is 6.30. The van der Waals surface area contributed by atoms with E-state index in [2.05, 4.69) is 5.32 Å². The molecule has 1 N–H and O–H groups in total. The van der Waals surface area contributed by atoms with E-state index in [9.17, 15) is 13.2 Å². The number of sulfonamides is 1. The molecule has 2 aromatic carbocycles. The number of morpholine rings is 1. The second-order valence-corrected chi connectivity index (χ2v) is 8.64. The number of nitrogens with zero attached hydrogens (tertiary/aromatic N) is 1. The van der Waals surface area contributed by atoms with Crippen molar-refractivity contribution < 1.29 is 22.7 Å². The Hall–Kier alpha value is -2.13. The molecule has 1 aliphatic rings. The van der Waals surface area contributed by atoms with Gasteiger partial charge in [0.05, 0.1) is 20.3 Å². The molecule has 0 spiro atoms. The fraction of sp³-hybridized carbons (Fsp3) is 0.316. The first-order chi connectivity index (χ1) is 13.3. The average Bonchev–Trinajstić information content (AvgIpc) is 2.70. The van der Waals surface area contributed by atoms with Gasteiger partial charge in [-0.25, -0.2) is 8.42 Å². The smallest absolute Gasteiger partial charge is 0.255 e. The SMILES string of the molecule is COc1ccc(C(=O)Nc2ccc(Cl)cc2C)cc1S(=O)(=O)N1CCOCC1. The first-order valence-electron chi connectivity index (χ1n) is 8.66. The number of hydrogen-bond acceptors (Lipinski definition) is 5. The van der Waals surface area contributed by atoms with Gasteiger partial charge in [-0.1, -0.05) is 11.6 Å². The fourth-order valence-electron chi connectivity index (χ4n) is 2.91. The molecule has 1 amide bonds. The van der Waals surface area contributed by atoms with Crippen LogP contribution in [0.3, 0.4) is 0 Å². The largest absolute Gasteiger partial charge is 0.495 e. The third-order valence-corrected chi connectivity index (χ3v) is 6.61. The molecule has 1 aliphatic heterocycles. The van der Waals surface area contributed by atoms with E-state index >= 15 is 0 Å². The van der Waals surface area contributed by atoms with Crippen molar-refractivity contribution in [2.45, 2.75) is 11.8 Å². The minimum Gasteiger partial charge on any atom is -0.495 e. The average molecular weight is 425 g/mol. The standard InChI is InChI=1S/C19H21ClN2O5S/c1-13-11-15(20)4-5-16(13)21-19(23)14-3-6-17(26-2)18(12-14)28(24,25)22-7-9-27-10-8-22/h3-6,11-12H,7-10H2,1-2H3,(H,21,23). The molecule has 0 aliphatic carbocycles. The van der Waals surface area contributed by atoms with Crippen LogP contribution in [0.25, 0.3) is 0 Å². The summed E-state index contributed by atoms with van der Waals surface area (Å²) in [6.45, 7) is 3.00. The number of carbonyl (C=O) groups excluding carboxylic acids is 1. The molecule has 9 heteroatoms. The number of carbonyl (C=O) groups is 1. The van der Waals surface area contributed by atoms with Gasteiger partial charge >= 0.3 is 0 Å². The summed E-state index contributed by atoms with van der Waals surface area (Å²) in [5.74, 6) is -0.239. The molecule has 1 heterocycles. The third kappa shape index (κ3) is 4.30. The van der Waals surface area contributed by atoms with E-state index in [0.29, 0.717) is 23.9 Å². The van der Waals surface area contributed by atoms with Gasteiger partial charge in [-0.05, 0) is 48.9 Å². The highest BCUT2D eigenvalue weighted by Crippen LogP contribution is 2.29. The van der Waals surface area contributed by atoms with Gasteiger partial charge in [-0.2, -0.15) is 4.31 Å². The molecule has 3 rings (SSSR count). The van der Waals surface area contributed by atoms with Crippen LogP contribution in [0.5, 0.6) is 5.75 Å². The van der Waals surface area contributed by atoms with Crippen molar-refractivity contribution in [1.82, 2.24) is 4.31 Å². The summed E-state index contributed by atoms with van der Waals surface area (Å²) in [6, 6.07) is 9.45. The number of ether oxygens (including phenoxy) is 2. The van der Waals surface area contributed by atoms with Gasteiger partial charge in [0, 0.05) is 29.4 Å². The summed E-state index contributed by atoms with van der Waals surface area (Å²) in [6.07, 6.45) is 0. The zero-order chi connectivity index (χ0) is 20.3. The van der Waals surface area contributed by atoms with Crippen LogP contribution >= 0.6 is 11.6 Å². The van der Waals surface area contributed by atoms with E-state index in [1.54, 1.807) is 18.2 Å². The normalized spacial score (nSPS) is 15.2. The Morgan fingerprint density at radius 1 is 1.18 bits per heavy atom. The van der Waals surface area contributed by atoms with Crippen molar-refractivity contribution in [3.63, 3.8) is 0 Å². The molecule has 0 unspecified atom stereocenters. The molecule has 150 valence electrons. The number of halogens is 1. The number of methoxy groups -OCH3 is 1. The first kappa shape index (κ1) is 20.6. The summed E-state index contributed by atoms with van der Waals surface area (Å²) in [5.41, 5.74) is 1.61. The first-order valence-corrected chi connectivity index (χ1v) is 10.5. The zero-order valence-corrected chi connectivity index (χ0v) is 17.1. The molecule has 28 heavy (non-hydrogen) atoms. The Morgan fingerprint density at radius 3 is 2.54 bits per heavy atom. The van der Waals surface area contributed by atoms with Crippen LogP contribution in [0, 0.1) is 6.92 Å². The maximum Gasteiger partial charge on any atom is 0.255 e. The highest BCUT2D eigenvalue weighted by molar-refractivity contribution is 7.89. The van der Waals surface area contributed by atoms with Crippen molar-refractivity contribution in [3.8, 4) is 5.75 Å². The van der Waals surface area contributed by atoms with E-state index < -0.39 is 15.9 Å². The number of nitrogens with one attached hydrogen (secondary N) is 1. The topological polar surface area (TPSA) is 84.9 Å². The van der Waals surface area contributed by atoms with Crippen LogP contribution in [-0.2, 0) is 14.8 Å². The van der Waals surface area contributed by atoms with E-state index in [4.69, 9.17) is 21.1 Å². The maximum absolute atomic E-state index is 13.0. The van der Waals surface area contributed by atoms with E-state index in [1.807, 2.05) is 6.92 Å². The molecule has 0 aromatic heterocycles. The van der Waals surface area contributed by atoms with Crippen molar-refractivity contribution in [1.29, 1.82) is 0 Å². The van der Waals surface area contributed by atoms with Crippen LogP contribution < -0.4 is 10.1 Å². The lowest BCUT2D eigenvalue weighted by atomic mass is 10.1. The Morgan fingerprint density at radius 2 is 1.89 bits per heavy atom. The second kappa shape index (κ2) is 8.48. The maximum atomic E-state index is 13.0. The predicted octanol–water partition coefficient (Wildman–Crippen LogP) is 2.93. The highest BCUT2D eigenvalue weighted by Gasteiger charge is 2.30. The van der Waals surface area contributed by atoms with Gasteiger partial charge in [0.1, 0.15) is 10.6 Å². The molecule has 0 saturated carbocycles. The lowest BCUT2D eigenvalue weighted by Gasteiger charge is -2.26.